The standard InChI is InChI=1S/C16H11ClF3N5O2/c1-8(9-2-11(16(18,19)20)4-12(3-9)25(26)27)23-15-13-5-14(17)21-6-10(13)7-22-24-15/h2-8H,1H3,(H,23,24)/t8-/m1/s1. The fraction of sp³-hybridized carbons (Fsp3) is 0.188. The van der Waals surface area contributed by atoms with Crippen LogP contribution in [-0.4, -0.2) is 20.1 Å². The number of nitrogens with one attached hydrogen (secondary N) is 1. The van der Waals surface area contributed by atoms with Crippen LogP contribution in [0, 0.1) is 10.1 Å². The highest BCUT2D eigenvalue weighted by Crippen LogP contribution is 2.35. The third kappa shape index (κ3) is 4.05. The molecule has 140 valence electrons. The lowest BCUT2D eigenvalue weighted by molar-refractivity contribution is -0.385. The van der Waals surface area contributed by atoms with Crippen molar-refractivity contribution in [3.05, 3.63) is 63.1 Å². The molecule has 0 unspecified atom stereocenters. The second-order valence-corrected chi connectivity index (χ2v) is 6.11. The van der Waals surface area contributed by atoms with Crippen LogP contribution >= 0.6 is 11.6 Å². The van der Waals surface area contributed by atoms with Crippen molar-refractivity contribution in [3.8, 4) is 0 Å². The van der Waals surface area contributed by atoms with Gasteiger partial charge in [-0.1, -0.05) is 11.6 Å². The fourth-order valence-electron chi connectivity index (χ4n) is 2.50. The Morgan fingerprint density at radius 1 is 1.22 bits per heavy atom. The molecule has 3 rings (SSSR count). The number of nitro groups is 1. The molecule has 0 aliphatic carbocycles. The topological polar surface area (TPSA) is 93.8 Å². The Balaban J connectivity index is 2.02. The van der Waals surface area contributed by atoms with Crippen LogP contribution < -0.4 is 5.32 Å². The maximum Gasteiger partial charge on any atom is 0.416 e. The first-order valence-corrected chi connectivity index (χ1v) is 7.93. The van der Waals surface area contributed by atoms with Crippen LogP contribution in [0.2, 0.25) is 5.15 Å². The van der Waals surface area contributed by atoms with Crippen LogP contribution in [0.4, 0.5) is 24.7 Å². The minimum atomic E-state index is -4.71. The van der Waals surface area contributed by atoms with Crippen LogP contribution in [-0.2, 0) is 6.18 Å². The number of nitrogens with zero attached hydrogens (tertiary/aromatic N) is 4. The van der Waals surface area contributed by atoms with Crippen molar-refractivity contribution < 1.29 is 18.1 Å². The maximum absolute atomic E-state index is 13.1. The van der Waals surface area contributed by atoms with Crippen molar-refractivity contribution in [2.45, 2.75) is 19.1 Å². The second-order valence-electron chi connectivity index (χ2n) is 5.72. The Bertz CT molecular complexity index is 1030. The van der Waals surface area contributed by atoms with Gasteiger partial charge in [-0.3, -0.25) is 10.1 Å². The minimum absolute atomic E-state index is 0.0791. The van der Waals surface area contributed by atoms with Crippen LogP contribution in [0.5, 0.6) is 0 Å². The van der Waals surface area contributed by atoms with Crippen molar-refractivity contribution in [3.63, 3.8) is 0 Å². The van der Waals surface area contributed by atoms with Crippen molar-refractivity contribution in [1.82, 2.24) is 15.2 Å². The lowest BCUT2D eigenvalue weighted by Crippen LogP contribution is -2.12. The third-order valence-corrected chi connectivity index (χ3v) is 4.05. The molecule has 0 amide bonds. The van der Waals surface area contributed by atoms with Gasteiger partial charge in [-0.05, 0) is 24.6 Å². The lowest BCUT2D eigenvalue weighted by atomic mass is 10.0. The molecule has 0 aliphatic heterocycles. The van der Waals surface area contributed by atoms with Gasteiger partial charge in [0.05, 0.1) is 22.7 Å². The summed E-state index contributed by atoms with van der Waals surface area (Å²) in [5, 5.41) is 23.1. The second kappa shape index (κ2) is 6.95. The summed E-state index contributed by atoms with van der Waals surface area (Å²) in [6.07, 6.45) is -1.76. The molecule has 1 atom stereocenters. The number of rotatable bonds is 4. The maximum atomic E-state index is 13.1. The number of anilines is 1. The van der Waals surface area contributed by atoms with E-state index in [4.69, 9.17) is 11.6 Å². The Labute approximate surface area is 155 Å². The van der Waals surface area contributed by atoms with E-state index in [1.165, 1.54) is 18.5 Å². The predicted molar refractivity (Wildman–Crippen MR) is 92.5 cm³/mol. The minimum Gasteiger partial charge on any atom is -0.362 e. The summed E-state index contributed by atoms with van der Waals surface area (Å²) >= 11 is 5.88. The number of aromatic nitrogens is 3. The highest BCUT2D eigenvalue weighted by Gasteiger charge is 2.33. The van der Waals surface area contributed by atoms with E-state index >= 15 is 0 Å². The molecular formula is C16H11ClF3N5O2. The average Bonchev–Trinajstić information content (AvgIpc) is 2.61. The zero-order chi connectivity index (χ0) is 19.8. The third-order valence-electron chi connectivity index (χ3n) is 3.84. The van der Waals surface area contributed by atoms with Crippen LogP contribution in [0.1, 0.15) is 24.1 Å². The molecule has 0 bridgehead atoms. The van der Waals surface area contributed by atoms with Gasteiger partial charge in [-0.15, -0.1) is 5.10 Å². The number of halogens is 4. The van der Waals surface area contributed by atoms with Gasteiger partial charge in [0.25, 0.3) is 5.69 Å². The number of nitro benzene ring substituents is 1. The molecular weight excluding hydrogens is 387 g/mol. The highest BCUT2D eigenvalue weighted by molar-refractivity contribution is 6.30. The average molecular weight is 398 g/mol. The summed E-state index contributed by atoms with van der Waals surface area (Å²) in [6.45, 7) is 1.56. The van der Waals surface area contributed by atoms with Crippen molar-refractivity contribution in [2.24, 2.45) is 0 Å². The van der Waals surface area contributed by atoms with E-state index in [2.05, 4.69) is 20.5 Å². The molecule has 0 saturated heterocycles. The Morgan fingerprint density at radius 3 is 2.63 bits per heavy atom. The quantitative estimate of drug-likeness (QED) is 0.387. The van der Waals surface area contributed by atoms with Gasteiger partial charge < -0.3 is 5.32 Å². The molecule has 7 nitrogen and oxygen atoms in total. The zero-order valence-electron chi connectivity index (χ0n) is 13.7. The first-order valence-electron chi connectivity index (χ1n) is 7.55. The Morgan fingerprint density at radius 2 is 1.96 bits per heavy atom. The molecule has 0 spiro atoms. The smallest absolute Gasteiger partial charge is 0.362 e. The molecule has 27 heavy (non-hydrogen) atoms. The van der Waals surface area contributed by atoms with Crippen molar-refractivity contribution in [2.75, 3.05) is 5.32 Å². The van der Waals surface area contributed by atoms with Gasteiger partial charge in [0.2, 0.25) is 0 Å². The van der Waals surface area contributed by atoms with E-state index in [-0.39, 0.29) is 16.5 Å². The summed E-state index contributed by atoms with van der Waals surface area (Å²) in [4.78, 5) is 14.1. The van der Waals surface area contributed by atoms with Crippen molar-refractivity contribution >= 4 is 33.9 Å². The lowest BCUT2D eigenvalue weighted by Gasteiger charge is -2.17. The molecule has 2 heterocycles. The van der Waals surface area contributed by atoms with E-state index in [9.17, 15) is 23.3 Å². The number of non-ortho nitro benzene ring substituents is 1. The van der Waals surface area contributed by atoms with Gasteiger partial charge in [0.1, 0.15) is 5.15 Å². The molecule has 0 fully saturated rings. The van der Waals surface area contributed by atoms with Crippen molar-refractivity contribution in [1.29, 1.82) is 0 Å². The summed E-state index contributed by atoms with van der Waals surface area (Å²) < 4.78 is 39.2. The Hall–Kier alpha value is -3.01. The number of pyridine rings is 1. The van der Waals surface area contributed by atoms with E-state index in [0.29, 0.717) is 16.8 Å². The van der Waals surface area contributed by atoms with E-state index in [0.717, 1.165) is 12.1 Å². The van der Waals surface area contributed by atoms with Crippen LogP contribution in [0.25, 0.3) is 10.8 Å². The molecule has 0 aliphatic rings. The molecule has 2 aromatic heterocycles. The summed E-state index contributed by atoms with van der Waals surface area (Å²) in [6, 6.07) is 3.25. The number of hydrogen-bond donors (Lipinski definition) is 1. The van der Waals surface area contributed by atoms with E-state index < -0.39 is 28.4 Å². The predicted octanol–water partition coefficient (Wildman–Crippen LogP) is 4.78. The SMILES string of the molecule is C[C@@H](Nc1nncc2cnc(Cl)cc12)c1cc([N+](=O)[O-])cc(C(F)(F)F)c1. The molecule has 0 saturated carbocycles. The number of fused-ring (bicyclic) bond motifs is 1. The summed E-state index contributed by atoms with van der Waals surface area (Å²) in [7, 11) is 0. The summed E-state index contributed by atoms with van der Waals surface area (Å²) in [5.74, 6) is 0.268. The van der Waals surface area contributed by atoms with Gasteiger partial charge in [-0.25, -0.2) is 4.98 Å². The monoisotopic (exact) mass is 397 g/mol. The van der Waals surface area contributed by atoms with Gasteiger partial charge in [0, 0.05) is 29.1 Å². The molecule has 1 aromatic carbocycles. The van der Waals surface area contributed by atoms with Gasteiger partial charge in [0.15, 0.2) is 5.82 Å². The number of alkyl halides is 3. The van der Waals surface area contributed by atoms with E-state index in [1.54, 1.807) is 6.92 Å². The normalized spacial score (nSPS) is 12.8. The van der Waals surface area contributed by atoms with Crippen LogP contribution in [0.15, 0.2) is 36.7 Å². The zero-order valence-corrected chi connectivity index (χ0v) is 14.4. The number of hydrogen-bond acceptors (Lipinski definition) is 6. The molecule has 0 radical (unpaired) electrons. The largest absolute Gasteiger partial charge is 0.416 e. The Kier molecular flexibility index (Phi) is 4.83. The summed E-state index contributed by atoms with van der Waals surface area (Å²) in [5.41, 5.74) is -1.67. The highest BCUT2D eigenvalue weighted by atomic mass is 35.5. The first-order chi connectivity index (χ1) is 12.6. The molecule has 1 N–H and O–H groups in total. The molecule has 3 aromatic rings. The van der Waals surface area contributed by atoms with Gasteiger partial charge >= 0.3 is 6.18 Å². The van der Waals surface area contributed by atoms with E-state index in [1.807, 2.05) is 0 Å². The fourth-order valence-corrected chi connectivity index (χ4v) is 2.66. The van der Waals surface area contributed by atoms with Crippen LogP contribution in [0.3, 0.4) is 0 Å². The molecule has 11 heteroatoms. The first kappa shape index (κ1) is 18.8. The van der Waals surface area contributed by atoms with Gasteiger partial charge in [-0.2, -0.15) is 18.3 Å². The number of benzene rings is 1.